The van der Waals surface area contributed by atoms with Gasteiger partial charge in [-0.3, -0.25) is 4.90 Å². The van der Waals surface area contributed by atoms with Gasteiger partial charge in [0, 0.05) is 31.6 Å². The number of fused-ring (bicyclic) bond motifs is 1. The van der Waals surface area contributed by atoms with Gasteiger partial charge in [0.15, 0.2) is 9.84 Å². The Balaban J connectivity index is 1.75. The van der Waals surface area contributed by atoms with Crippen LogP contribution in [0.1, 0.15) is 73.3 Å². The second-order valence-electron chi connectivity index (χ2n) is 11.1. The maximum atomic E-state index is 13.7. The number of methoxy groups -OCH3 is 1. The number of halogens is 3. The van der Waals surface area contributed by atoms with Gasteiger partial charge in [0.05, 0.1) is 24.1 Å². The molecular weight excluding hydrogens is 541 g/mol. The molecule has 2 aromatic rings. The van der Waals surface area contributed by atoms with Gasteiger partial charge in [-0.25, -0.2) is 13.2 Å². The number of amides is 1. The monoisotopic (exact) mass is 580 g/mol. The molecule has 0 saturated heterocycles. The van der Waals surface area contributed by atoms with Gasteiger partial charge in [-0.2, -0.15) is 13.2 Å². The van der Waals surface area contributed by atoms with Crippen LogP contribution in [0.5, 0.6) is 0 Å². The quantitative estimate of drug-likeness (QED) is 0.327. The van der Waals surface area contributed by atoms with Crippen LogP contribution >= 0.6 is 0 Å². The zero-order valence-electron chi connectivity index (χ0n) is 23.5. The number of ether oxygens (including phenoxy) is 1. The Labute approximate surface area is 235 Å². The Morgan fingerprint density at radius 1 is 1.02 bits per heavy atom. The summed E-state index contributed by atoms with van der Waals surface area (Å²) in [4.78, 5) is 16.3. The molecule has 1 saturated carbocycles. The molecule has 0 atom stereocenters. The molecule has 1 fully saturated rings. The summed E-state index contributed by atoms with van der Waals surface area (Å²) in [5, 5.41) is 0. The summed E-state index contributed by atoms with van der Waals surface area (Å²) in [7, 11) is -2.68. The summed E-state index contributed by atoms with van der Waals surface area (Å²) in [5.74, 6) is 0.611. The fourth-order valence-electron chi connectivity index (χ4n) is 6.12. The van der Waals surface area contributed by atoms with E-state index >= 15 is 0 Å². The van der Waals surface area contributed by atoms with Crippen molar-refractivity contribution in [2.45, 2.75) is 82.5 Å². The summed E-state index contributed by atoms with van der Waals surface area (Å²) in [6.45, 7) is 3.76. The van der Waals surface area contributed by atoms with E-state index in [4.69, 9.17) is 4.74 Å². The fraction of sp³-hybridized carbons (Fsp3) is 0.567. The van der Waals surface area contributed by atoms with Gasteiger partial charge in [-0.1, -0.05) is 18.9 Å². The minimum absolute atomic E-state index is 0.0744. The highest BCUT2D eigenvalue weighted by Crippen LogP contribution is 2.36. The first-order chi connectivity index (χ1) is 18.9. The largest absolute Gasteiger partial charge is 0.453 e. The molecule has 0 spiro atoms. The molecule has 40 heavy (non-hydrogen) atoms. The normalized spacial score (nSPS) is 16.1. The zero-order chi connectivity index (χ0) is 29.1. The van der Waals surface area contributed by atoms with E-state index in [2.05, 4.69) is 24.0 Å². The number of hydrogen-bond acceptors (Lipinski definition) is 5. The Kier molecular flexibility index (Phi) is 9.37. The lowest BCUT2D eigenvalue weighted by molar-refractivity contribution is -0.137. The summed E-state index contributed by atoms with van der Waals surface area (Å²) in [5.41, 5.74) is 3.49. The lowest BCUT2D eigenvalue weighted by Gasteiger charge is -2.33. The third kappa shape index (κ3) is 7.11. The minimum Gasteiger partial charge on any atom is -0.453 e. The molecule has 2 aliphatic rings. The number of sulfone groups is 1. The second kappa shape index (κ2) is 12.4. The van der Waals surface area contributed by atoms with Gasteiger partial charge in [-0.05, 0) is 97.9 Å². The average Bonchev–Trinajstić information content (AvgIpc) is 3.43. The maximum absolute atomic E-state index is 13.7. The highest BCUT2D eigenvalue weighted by atomic mass is 32.2. The van der Waals surface area contributed by atoms with Gasteiger partial charge in [0.25, 0.3) is 0 Å². The molecule has 0 heterocycles. The Morgan fingerprint density at radius 3 is 2.35 bits per heavy atom. The predicted octanol–water partition coefficient (Wildman–Crippen LogP) is 6.77. The molecule has 6 nitrogen and oxygen atoms in total. The zero-order valence-corrected chi connectivity index (χ0v) is 24.3. The number of carbonyl (C=O) groups excluding carboxylic acids is 1. The first-order valence-electron chi connectivity index (χ1n) is 14.0. The number of hydrogen-bond donors (Lipinski definition) is 0. The Hall–Kier alpha value is -2.75. The highest BCUT2D eigenvalue weighted by Gasteiger charge is 2.33. The van der Waals surface area contributed by atoms with Crippen LogP contribution < -0.4 is 4.90 Å². The van der Waals surface area contributed by atoms with Crippen LogP contribution in [0.15, 0.2) is 35.2 Å². The van der Waals surface area contributed by atoms with Crippen molar-refractivity contribution < 1.29 is 31.1 Å². The van der Waals surface area contributed by atoms with Crippen molar-refractivity contribution >= 4 is 21.6 Å². The van der Waals surface area contributed by atoms with Crippen LogP contribution in [0.4, 0.5) is 23.7 Å². The maximum Gasteiger partial charge on any atom is 0.416 e. The molecule has 1 amide bonds. The molecule has 0 radical (unpaired) electrons. The third-order valence-corrected chi connectivity index (χ3v) is 9.27. The van der Waals surface area contributed by atoms with Crippen molar-refractivity contribution in [1.29, 1.82) is 0 Å². The SMILES string of the molecule is CCN(CC1CCCC1)c1ccc2c(c1CN(Cc1cc(C(F)(F)F)cc(S(C)(=O)=O)c1)C(=O)OC)CCCC2. The van der Waals surface area contributed by atoms with Crippen molar-refractivity contribution in [2.75, 3.05) is 31.4 Å². The lowest BCUT2D eigenvalue weighted by Crippen LogP contribution is -2.34. The van der Waals surface area contributed by atoms with Crippen LogP contribution in [0.25, 0.3) is 0 Å². The second-order valence-corrected chi connectivity index (χ2v) is 13.1. The smallest absolute Gasteiger partial charge is 0.416 e. The molecular formula is C30H39F3N2O4S. The molecule has 0 unspecified atom stereocenters. The van der Waals surface area contributed by atoms with Crippen molar-refractivity contribution in [2.24, 2.45) is 5.92 Å². The first-order valence-corrected chi connectivity index (χ1v) is 15.9. The van der Waals surface area contributed by atoms with Gasteiger partial charge in [0.1, 0.15) is 0 Å². The van der Waals surface area contributed by atoms with Gasteiger partial charge >= 0.3 is 12.3 Å². The van der Waals surface area contributed by atoms with Crippen molar-refractivity contribution in [3.05, 3.63) is 58.1 Å². The van der Waals surface area contributed by atoms with Gasteiger partial charge < -0.3 is 9.64 Å². The molecule has 0 bridgehead atoms. The minimum atomic E-state index is -4.74. The summed E-state index contributed by atoms with van der Waals surface area (Å²) < 4.78 is 70.5. The molecule has 10 heteroatoms. The summed E-state index contributed by atoms with van der Waals surface area (Å²) >= 11 is 0. The lowest BCUT2D eigenvalue weighted by atomic mass is 9.86. The highest BCUT2D eigenvalue weighted by molar-refractivity contribution is 7.90. The average molecular weight is 581 g/mol. The molecule has 0 N–H and O–H groups in total. The standard InChI is InChI=1S/C30H39F3N2O4S/c1-4-34(18-21-9-5-6-10-21)28-14-13-23-11-7-8-12-26(23)27(28)20-35(29(36)39-2)19-22-15-24(30(31,32)33)17-25(16-22)40(3,37)38/h13-17,21H,4-12,18-20H2,1-3H3. The van der Waals surface area contributed by atoms with Crippen LogP contribution in [0.2, 0.25) is 0 Å². The van der Waals surface area contributed by atoms with Crippen LogP contribution in [-0.2, 0) is 46.7 Å². The van der Waals surface area contributed by atoms with Crippen LogP contribution in [0.3, 0.4) is 0 Å². The number of rotatable bonds is 9. The van der Waals surface area contributed by atoms with E-state index in [1.165, 1.54) is 54.9 Å². The molecule has 2 aliphatic carbocycles. The molecule has 2 aromatic carbocycles. The van der Waals surface area contributed by atoms with E-state index < -0.39 is 32.6 Å². The van der Waals surface area contributed by atoms with Crippen molar-refractivity contribution in [1.82, 2.24) is 4.90 Å². The van der Waals surface area contributed by atoms with E-state index in [1.807, 2.05) is 0 Å². The van der Waals surface area contributed by atoms with E-state index in [9.17, 15) is 26.4 Å². The number of aryl methyl sites for hydroxylation is 1. The summed E-state index contributed by atoms with van der Waals surface area (Å²) in [6.07, 6.45) is 4.26. The van der Waals surface area contributed by atoms with E-state index in [-0.39, 0.29) is 18.7 Å². The predicted molar refractivity (Wildman–Crippen MR) is 149 cm³/mol. The van der Waals surface area contributed by atoms with Crippen LogP contribution in [0, 0.1) is 5.92 Å². The van der Waals surface area contributed by atoms with Crippen molar-refractivity contribution in [3.63, 3.8) is 0 Å². The fourth-order valence-corrected chi connectivity index (χ4v) is 6.83. The molecule has 0 aromatic heterocycles. The molecule has 220 valence electrons. The van der Waals surface area contributed by atoms with E-state index in [0.717, 1.165) is 62.3 Å². The number of anilines is 1. The van der Waals surface area contributed by atoms with Crippen molar-refractivity contribution in [3.8, 4) is 0 Å². The van der Waals surface area contributed by atoms with Crippen LogP contribution in [-0.4, -0.2) is 45.9 Å². The Bertz CT molecular complexity index is 1320. The number of benzene rings is 2. The Morgan fingerprint density at radius 2 is 1.73 bits per heavy atom. The van der Waals surface area contributed by atoms with E-state index in [1.54, 1.807) is 0 Å². The number of alkyl halides is 3. The summed E-state index contributed by atoms with van der Waals surface area (Å²) in [6, 6.07) is 7.05. The topological polar surface area (TPSA) is 66.9 Å². The number of nitrogens with zero attached hydrogens (tertiary/aromatic N) is 2. The molecule has 4 rings (SSSR count). The van der Waals surface area contributed by atoms with Gasteiger partial charge in [-0.15, -0.1) is 0 Å². The molecule has 0 aliphatic heterocycles. The van der Waals surface area contributed by atoms with E-state index in [0.29, 0.717) is 12.0 Å². The van der Waals surface area contributed by atoms with Gasteiger partial charge in [0.2, 0.25) is 0 Å². The third-order valence-electron chi connectivity index (χ3n) is 8.18. The first kappa shape index (κ1) is 30.2. The number of carbonyl (C=O) groups is 1.